The number of benzene rings is 1. The van der Waals surface area contributed by atoms with E-state index in [9.17, 15) is 13.7 Å². The van der Waals surface area contributed by atoms with E-state index in [2.05, 4.69) is 28.2 Å². The maximum Gasteiger partial charge on any atom is 0.243 e. The van der Waals surface area contributed by atoms with Crippen LogP contribution < -0.4 is 5.32 Å². The van der Waals surface area contributed by atoms with Gasteiger partial charge in [0.15, 0.2) is 0 Å². The SMILES string of the molecule is CC1CCN(S(=O)(=O)c2ccc(-c3nc(C#N)c(NCCCN4CCOCC4)o3)cc2)CC1. The van der Waals surface area contributed by atoms with Gasteiger partial charge in [0.1, 0.15) is 6.07 Å². The maximum atomic E-state index is 12.9. The van der Waals surface area contributed by atoms with E-state index in [1.807, 2.05) is 0 Å². The van der Waals surface area contributed by atoms with Crippen LogP contribution in [0.2, 0.25) is 0 Å². The van der Waals surface area contributed by atoms with Gasteiger partial charge in [-0.3, -0.25) is 4.90 Å². The zero-order chi connectivity index (χ0) is 23.3. The van der Waals surface area contributed by atoms with Crippen LogP contribution in [0, 0.1) is 17.2 Å². The minimum absolute atomic E-state index is 0.190. The first-order valence-electron chi connectivity index (χ1n) is 11.5. The highest BCUT2D eigenvalue weighted by atomic mass is 32.2. The predicted molar refractivity (Wildman–Crippen MR) is 124 cm³/mol. The fourth-order valence-corrected chi connectivity index (χ4v) is 5.58. The van der Waals surface area contributed by atoms with Crippen molar-refractivity contribution >= 4 is 15.9 Å². The van der Waals surface area contributed by atoms with Gasteiger partial charge in [0, 0.05) is 38.3 Å². The topological polar surface area (TPSA) is 112 Å². The molecule has 0 unspecified atom stereocenters. The van der Waals surface area contributed by atoms with Gasteiger partial charge in [-0.2, -0.15) is 14.6 Å². The van der Waals surface area contributed by atoms with E-state index >= 15 is 0 Å². The molecule has 2 aromatic rings. The van der Waals surface area contributed by atoms with Gasteiger partial charge in [0.2, 0.25) is 27.5 Å². The molecule has 0 atom stereocenters. The van der Waals surface area contributed by atoms with Crippen LogP contribution >= 0.6 is 0 Å². The van der Waals surface area contributed by atoms with Crippen molar-refractivity contribution in [1.82, 2.24) is 14.2 Å². The Morgan fingerprint density at radius 1 is 1.15 bits per heavy atom. The number of rotatable bonds is 8. The zero-order valence-electron chi connectivity index (χ0n) is 19.0. The minimum atomic E-state index is -3.51. The molecule has 1 aromatic carbocycles. The summed E-state index contributed by atoms with van der Waals surface area (Å²) in [5, 5.41) is 12.6. The Morgan fingerprint density at radius 3 is 2.52 bits per heavy atom. The second kappa shape index (κ2) is 10.7. The van der Waals surface area contributed by atoms with Crippen LogP contribution in [0.1, 0.15) is 31.9 Å². The third kappa shape index (κ3) is 5.73. The van der Waals surface area contributed by atoms with E-state index in [4.69, 9.17) is 9.15 Å². The number of hydrogen-bond donors (Lipinski definition) is 1. The molecule has 2 aliphatic rings. The Kier molecular flexibility index (Phi) is 7.65. The lowest BCUT2D eigenvalue weighted by atomic mass is 10.0. The highest BCUT2D eigenvalue weighted by molar-refractivity contribution is 7.89. The number of anilines is 1. The van der Waals surface area contributed by atoms with Gasteiger partial charge in [-0.1, -0.05) is 6.92 Å². The Morgan fingerprint density at radius 2 is 1.85 bits per heavy atom. The summed E-state index contributed by atoms with van der Waals surface area (Å²) in [6.07, 6.45) is 2.67. The number of sulfonamides is 1. The highest BCUT2D eigenvalue weighted by Crippen LogP contribution is 2.28. The molecule has 1 N–H and O–H groups in total. The molecule has 0 radical (unpaired) electrons. The predicted octanol–water partition coefficient (Wildman–Crippen LogP) is 2.77. The van der Waals surface area contributed by atoms with Crippen molar-refractivity contribution in [3.63, 3.8) is 0 Å². The molecule has 0 saturated carbocycles. The number of nitrogens with one attached hydrogen (secondary N) is 1. The summed E-state index contributed by atoms with van der Waals surface area (Å²) in [6, 6.07) is 8.57. The highest BCUT2D eigenvalue weighted by Gasteiger charge is 2.28. The Hall–Kier alpha value is -2.45. The van der Waals surface area contributed by atoms with Crippen LogP contribution in [-0.2, 0) is 14.8 Å². The summed E-state index contributed by atoms with van der Waals surface area (Å²) in [4.78, 5) is 6.89. The maximum absolute atomic E-state index is 12.9. The number of nitriles is 1. The van der Waals surface area contributed by atoms with E-state index in [1.54, 1.807) is 28.6 Å². The number of morpholine rings is 1. The monoisotopic (exact) mass is 473 g/mol. The molecule has 4 rings (SSSR count). The van der Waals surface area contributed by atoms with E-state index in [0.717, 1.165) is 52.1 Å². The summed E-state index contributed by atoms with van der Waals surface area (Å²) in [5.74, 6) is 1.19. The van der Waals surface area contributed by atoms with Gasteiger partial charge in [0.25, 0.3) is 0 Å². The molecule has 33 heavy (non-hydrogen) atoms. The van der Waals surface area contributed by atoms with Crippen LogP contribution in [0.25, 0.3) is 11.5 Å². The summed E-state index contributed by atoms with van der Waals surface area (Å²) in [6.45, 7) is 8.30. The molecule has 0 aliphatic carbocycles. The summed E-state index contributed by atoms with van der Waals surface area (Å²) >= 11 is 0. The first-order valence-corrected chi connectivity index (χ1v) is 13.0. The van der Waals surface area contributed by atoms with Gasteiger partial charge in [-0.15, -0.1) is 0 Å². The van der Waals surface area contributed by atoms with E-state index in [1.165, 1.54) is 0 Å². The lowest BCUT2D eigenvalue weighted by Crippen LogP contribution is -2.37. The van der Waals surface area contributed by atoms with Crippen molar-refractivity contribution in [3.05, 3.63) is 30.0 Å². The molecule has 178 valence electrons. The largest absolute Gasteiger partial charge is 0.419 e. The van der Waals surface area contributed by atoms with Crippen molar-refractivity contribution in [1.29, 1.82) is 5.26 Å². The van der Waals surface area contributed by atoms with Gasteiger partial charge in [-0.25, -0.2) is 8.42 Å². The first-order chi connectivity index (χ1) is 16.0. The lowest BCUT2D eigenvalue weighted by molar-refractivity contribution is 0.0378. The third-order valence-corrected chi connectivity index (χ3v) is 8.17. The van der Waals surface area contributed by atoms with Crippen LogP contribution in [0.15, 0.2) is 33.6 Å². The summed E-state index contributed by atoms with van der Waals surface area (Å²) in [7, 11) is -3.51. The average Bonchev–Trinajstić information content (AvgIpc) is 3.26. The second-order valence-electron chi connectivity index (χ2n) is 8.65. The van der Waals surface area contributed by atoms with Crippen LogP contribution in [0.5, 0.6) is 0 Å². The van der Waals surface area contributed by atoms with E-state index < -0.39 is 10.0 Å². The van der Waals surface area contributed by atoms with Crippen LogP contribution in [-0.4, -0.2) is 75.1 Å². The first kappa shape index (κ1) is 23.7. The minimum Gasteiger partial charge on any atom is -0.419 e. The smallest absolute Gasteiger partial charge is 0.243 e. The molecule has 0 spiro atoms. The normalized spacial score (nSPS) is 18.8. The van der Waals surface area contributed by atoms with E-state index in [0.29, 0.717) is 37.0 Å². The molecule has 3 heterocycles. The van der Waals surface area contributed by atoms with Crippen molar-refractivity contribution in [2.75, 3.05) is 57.8 Å². The van der Waals surface area contributed by atoms with Gasteiger partial charge >= 0.3 is 0 Å². The molecule has 2 aliphatic heterocycles. The summed E-state index contributed by atoms with van der Waals surface area (Å²) < 4.78 is 38.6. The van der Waals surface area contributed by atoms with Crippen molar-refractivity contribution in [2.45, 2.75) is 31.1 Å². The molecular formula is C23H31N5O4S. The third-order valence-electron chi connectivity index (χ3n) is 6.26. The fraction of sp³-hybridized carbons (Fsp3) is 0.565. The fourth-order valence-electron chi connectivity index (χ4n) is 4.11. The van der Waals surface area contributed by atoms with E-state index in [-0.39, 0.29) is 16.5 Å². The van der Waals surface area contributed by atoms with Crippen molar-refractivity contribution in [3.8, 4) is 17.5 Å². The Balaban J connectivity index is 1.38. The van der Waals surface area contributed by atoms with Crippen molar-refractivity contribution < 1.29 is 17.6 Å². The molecule has 0 amide bonds. The quantitative estimate of drug-likeness (QED) is 0.583. The standard InChI is InChI=1S/C23H31N5O4S/c1-18-7-11-28(12-8-18)33(29,30)20-5-3-19(4-6-20)22-26-21(17-24)23(32-22)25-9-2-10-27-13-15-31-16-14-27/h3-6,18,25H,2,7-16H2,1H3. The molecule has 9 nitrogen and oxygen atoms in total. The Bertz CT molecular complexity index is 1060. The van der Waals surface area contributed by atoms with Gasteiger partial charge in [0.05, 0.1) is 18.1 Å². The number of aromatic nitrogens is 1. The molecule has 1 aromatic heterocycles. The number of ether oxygens (including phenoxy) is 1. The van der Waals surface area contributed by atoms with Gasteiger partial charge < -0.3 is 14.5 Å². The van der Waals surface area contributed by atoms with Crippen LogP contribution in [0.4, 0.5) is 5.88 Å². The number of hydrogen-bond acceptors (Lipinski definition) is 8. The van der Waals surface area contributed by atoms with Crippen molar-refractivity contribution in [2.24, 2.45) is 5.92 Å². The number of oxazole rings is 1. The summed E-state index contributed by atoms with van der Waals surface area (Å²) in [5.41, 5.74) is 0.814. The Labute approximate surface area is 195 Å². The lowest BCUT2D eigenvalue weighted by Gasteiger charge is -2.29. The molecule has 10 heteroatoms. The molecular weight excluding hydrogens is 442 g/mol. The molecule has 2 saturated heterocycles. The number of nitrogens with zero attached hydrogens (tertiary/aromatic N) is 4. The van der Waals surface area contributed by atoms with Crippen LogP contribution in [0.3, 0.4) is 0 Å². The zero-order valence-corrected chi connectivity index (χ0v) is 19.8. The second-order valence-corrected chi connectivity index (χ2v) is 10.6. The van der Waals surface area contributed by atoms with Gasteiger partial charge in [-0.05, 0) is 56.0 Å². The molecule has 0 bridgehead atoms. The number of piperidine rings is 1. The average molecular weight is 474 g/mol. The molecule has 2 fully saturated rings.